The highest BCUT2D eigenvalue weighted by Gasteiger charge is 2.27. The molecule has 0 aliphatic rings. The van der Waals surface area contributed by atoms with Gasteiger partial charge in [0.05, 0.1) is 32.0 Å². The SMILES string of the molecule is CC/C=C\C[C@H](O)/C=C/C=C\C/C=C\C=C\[C@H](O)/C=C\CCCC(=O)O[C@H](COC(=O)CCCCCCCCCCCCCCCCC(C)C)COP(=O)(O)OC[C@@H](O)CO. The summed E-state index contributed by atoms with van der Waals surface area (Å²) >= 11 is 0. The smallest absolute Gasteiger partial charge is 0.462 e. The lowest BCUT2D eigenvalue weighted by Gasteiger charge is -2.20. The zero-order valence-electron chi connectivity index (χ0n) is 37.7. The van der Waals surface area contributed by atoms with Gasteiger partial charge in [0.1, 0.15) is 12.7 Å². The molecule has 352 valence electrons. The number of ether oxygens (including phenoxy) is 2. The standard InChI is InChI=1S/C48H83O12P/c1-4-5-24-32-43(50)33-26-20-16-14-17-21-27-34-44(51)35-28-23-30-37-48(54)60-46(41-59-61(55,56)58-39-45(52)38-49)40-57-47(53)36-29-22-18-13-11-9-7-6-8-10-12-15-19-25-31-42(2)3/h5,16-17,20-21,24,26-28,33-35,42-46,49-52H,4,6-15,18-19,22-23,25,29-32,36-41H2,1-3H3,(H,55,56)/b20-16-,21-17-,24-5-,33-26+,34-27+,35-28-/t43-,44-,45-,46+/m0/s1. The number of esters is 2. The van der Waals surface area contributed by atoms with Gasteiger partial charge in [0.15, 0.2) is 6.10 Å². The van der Waals surface area contributed by atoms with Crippen molar-refractivity contribution in [1.82, 2.24) is 0 Å². The first-order chi connectivity index (χ1) is 29.4. The molecule has 0 aromatic heterocycles. The molecular formula is C48H83O12P. The van der Waals surface area contributed by atoms with Crippen LogP contribution in [0.4, 0.5) is 0 Å². The van der Waals surface area contributed by atoms with Crippen LogP contribution < -0.4 is 0 Å². The van der Waals surface area contributed by atoms with E-state index in [4.69, 9.17) is 19.1 Å². The first-order valence-corrected chi connectivity index (χ1v) is 24.5. The van der Waals surface area contributed by atoms with E-state index in [-0.39, 0.29) is 19.4 Å². The number of carbonyl (C=O) groups is 2. The van der Waals surface area contributed by atoms with Gasteiger partial charge in [0.2, 0.25) is 0 Å². The summed E-state index contributed by atoms with van der Waals surface area (Å²) in [6.07, 6.45) is 39.4. The molecule has 0 aromatic carbocycles. The van der Waals surface area contributed by atoms with E-state index >= 15 is 0 Å². The van der Waals surface area contributed by atoms with E-state index in [1.165, 1.54) is 70.6 Å². The van der Waals surface area contributed by atoms with Crippen molar-refractivity contribution < 1.29 is 58.0 Å². The molecule has 0 rings (SSSR count). The zero-order valence-corrected chi connectivity index (χ0v) is 38.6. The van der Waals surface area contributed by atoms with Crippen molar-refractivity contribution in [3.05, 3.63) is 72.9 Å². The minimum absolute atomic E-state index is 0.00428. The van der Waals surface area contributed by atoms with Gasteiger partial charge in [-0.25, -0.2) is 4.57 Å². The van der Waals surface area contributed by atoms with Crippen LogP contribution in [0.1, 0.15) is 162 Å². The van der Waals surface area contributed by atoms with Crippen LogP contribution in [0, 0.1) is 5.92 Å². The van der Waals surface area contributed by atoms with Gasteiger partial charge in [-0.05, 0) is 44.4 Å². The van der Waals surface area contributed by atoms with Gasteiger partial charge >= 0.3 is 19.8 Å². The summed E-state index contributed by atoms with van der Waals surface area (Å²) in [6.45, 7) is 4.30. The molecule has 0 aliphatic carbocycles. The summed E-state index contributed by atoms with van der Waals surface area (Å²) < 4.78 is 32.6. The Balaban J connectivity index is 4.51. The summed E-state index contributed by atoms with van der Waals surface area (Å²) in [4.78, 5) is 35.1. The Bertz CT molecular complexity index is 1290. The van der Waals surface area contributed by atoms with E-state index in [2.05, 4.69) is 18.4 Å². The molecule has 61 heavy (non-hydrogen) atoms. The van der Waals surface area contributed by atoms with Gasteiger partial charge in [0, 0.05) is 12.8 Å². The number of carbonyl (C=O) groups excluding carboxylic acids is 2. The molecule has 0 amide bonds. The molecule has 5 atom stereocenters. The number of aliphatic hydroxyl groups is 4. The minimum atomic E-state index is -4.68. The number of hydrogen-bond acceptors (Lipinski definition) is 11. The van der Waals surface area contributed by atoms with E-state index in [1.807, 2.05) is 49.5 Å². The molecule has 0 fully saturated rings. The predicted molar refractivity (Wildman–Crippen MR) is 245 cm³/mol. The second kappa shape index (κ2) is 41.3. The summed E-state index contributed by atoms with van der Waals surface area (Å²) in [5, 5.41) is 38.4. The zero-order chi connectivity index (χ0) is 45.2. The molecule has 0 heterocycles. The van der Waals surface area contributed by atoms with E-state index in [0.717, 1.165) is 31.6 Å². The van der Waals surface area contributed by atoms with Gasteiger partial charge in [-0.1, -0.05) is 184 Å². The van der Waals surface area contributed by atoms with Crippen molar-refractivity contribution in [3.8, 4) is 0 Å². The van der Waals surface area contributed by atoms with E-state index in [1.54, 1.807) is 30.4 Å². The summed E-state index contributed by atoms with van der Waals surface area (Å²) in [5.41, 5.74) is 0. The third-order valence-corrected chi connectivity index (χ3v) is 10.4. The first-order valence-electron chi connectivity index (χ1n) is 23.0. The first kappa shape index (κ1) is 58.3. The average Bonchev–Trinajstić information content (AvgIpc) is 3.22. The van der Waals surface area contributed by atoms with Crippen LogP contribution in [0.25, 0.3) is 0 Å². The fourth-order valence-electron chi connectivity index (χ4n) is 5.92. The Morgan fingerprint density at radius 1 is 0.623 bits per heavy atom. The fraction of sp³-hybridized carbons (Fsp3) is 0.708. The predicted octanol–water partition coefficient (Wildman–Crippen LogP) is 10.2. The highest BCUT2D eigenvalue weighted by atomic mass is 31.2. The third-order valence-electron chi connectivity index (χ3n) is 9.48. The van der Waals surface area contributed by atoms with E-state index in [9.17, 15) is 34.4 Å². The third kappa shape index (κ3) is 42.4. The lowest BCUT2D eigenvalue weighted by atomic mass is 10.0. The number of aliphatic hydroxyl groups excluding tert-OH is 4. The molecule has 0 bridgehead atoms. The van der Waals surface area contributed by atoms with Crippen molar-refractivity contribution in [3.63, 3.8) is 0 Å². The molecule has 0 aliphatic heterocycles. The maximum Gasteiger partial charge on any atom is 0.472 e. The van der Waals surface area contributed by atoms with Gasteiger partial charge in [-0.15, -0.1) is 0 Å². The van der Waals surface area contributed by atoms with Crippen LogP contribution in [-0.4, -0.2) is 88.1 Å². The van der Waals surface area contributed by atoms with Crippen LogP contribution in [0.15, 0.2) is 72.9 Å². The lowest BCUT2D eigenvalue weighted by molar-refractivity contribution is -0.161. The molecule has 0 aromatic rings. The number of hydrogen-bond donors (Lipinski definition) is 5. The molecule has 0 saturated heterocycles. The Morgan fingerprint density at radius 2 is 1.18 bits per heavy atom. The summed E-state index contributed by atoms with van der Waals surface area (Å²) in [5.74, 6) is -0.298. The van der Waals surface area contributed by atoms with E-state index < -0.39 is 64.0 Å². The van der Waals surface area contributed by atoms with Crippen LogP contribution in [0.5, 0.6) is 0 Å². The Hall–Kier alpha value is -2.67. The van der Waals surface area contributed by atoms with Gasteiger partial charge in [0.25, 0.3) is 0 Å². The van der Waals surface area contributed by atoms with Crippen molar-refractivity contribution in [2.45, 2.75) is 186 Å². The fourth-order valence-corrected chi connectivity index (χ4v) is 6.71. The van der Waals surface area contributed by atoms with Crippen molar-refractivity contribution >= 4 is 19.8 Å². The van der Waals surface area contributed by atoms with Crippen LogP contribution >= 0.6 is 7.82 Å². The Morgan fingerprint density at radius 3 is 1.77 bits per heavy atom. The summed E-state index contributed by atoms with van der Waals surface area (Å²) in [6, 6.07) is 0. The number of phosphoric ester groups is 1. The van der Waals surface area contributed by atoms with Gasteiger partial charge in [-0.2, -0.15) is 0 Å². The molecule has 0 spiro atoms. The van der Waals surface area contributed by atoms with Crippen molar-refractivity contribution in [2.24, 2.45) is 5.92 Å². The quantitative estimate of drug-likeness (QED) is 0.0129. The van der Waals surface area contributed by atoms with Crippen LogP contribution in [0.3, 0.4) is 0 Å². The molecule has 13 heteroatoms. The number of unbranched alkanes of at least 4 members (excludes halogenated alkanes) is 14. The molecule has 12 nitrogen and oxygen atoms in total. The van der Waals surface area contributed by atoms with E-state index in [0.29, 0.717) is 32.1 Å². The van der Waals surface area contributed by atoms with Gasteiger partial charge < -0.3 is 34.8 Å². The Kier molecular flexibility index (Phi) is 39.5. The second-order valence-electron chi connectivity index (χ2n) is 15.9. The minimum Gasteiger partial charge on any atom is -0.462 e. The van der Waals surface area contributed by atoms with Crippen molar-refractivity contribution in [1.29, 1.82) is 0 Å². The second-order valence-corrected chi connectivity index (χ2v) is 17.4. The number of phosphoric acid groups is 1. The molecular weight excluding hydrogens is 799 g/mol. The topological polar surface area (TPSA) is 189 Å². The highest BCUT2D eigenvalue weighted by Crippen LogP contribution is 2.43. The van der Waals surface area contributed by atoms with Crippen LogP contribution in [0.2, 0.25) is 0 Å². The summed E-state index contributed by atoms with van der Waals surface area (Å²) in [7, 11) is -4.68. The highest BCUT2D eigenvalue weighted by molar-refractivity contribution is 7.47. The van der Waals surface area contributed by atoms with Crippen molar-refractivity contribution in [2.75, 3.05) is 26.4 Å². The molecule has 1 unspecified atom stereocenters. The van der Waals surface area contributed by atoms with Crippen LogP contribution in [-0.2, 0) is 32.7 Å². The molecule has 0 saturated carbocycles. The Labute approximate surface area is 368 Å². The average molecular weight is 883 g/mol. The molecule has 5 N–H and O–H groups in total. The maximum absolute atomic E-state index is 12.6. The maximum atomic E-state index is 12.6. The largest absolute Gasteiger partial charge is 0.472 e. The lowest BCUT2D eigenvalue weighted by Crippen LogP contribution is -2.29. The normalized spacial score (nSPS) is 15.6. The number of allylic oxidation sites excluding steroid dienone is 8. The van der Waals surface area contributed by atoms with Gasteiger partial charge in [-0.3, -0.25) is 18.6 Å². The number of rotatable bonds is 41. The monoisotopic (exact) mass is 883 g/mol. The molecule has 0 radical (unpaired) electrons.